The number of nitrogens with one attached hydrogen (secondary N) is 1. The van der Waals surface area contributed by atoms with Crippen molar-refractivity contribution in [2.24, 2.45) is 0 Å². The van der Waals surface area contributed by atoms with Crippen molar-refractivity contribution in [3.63, 3.8) is 0 Å². The Morgan fingerprint density at radius 3 is 2.36 bits per heavy atom. The minimum absolute atomic E-state index is 0.328. The van der Waals surface area contributed by atoms with Crippen molar-refractivity contribution in [2.45, 2.75) is 0 Å². The van der Waals surface area contributed by atoms with Crippen molar-refractivity contribution >= 4 is 44.9 Å². The molecule has 0 radical (unpaired) electrons. The second-order valence-corrected chi connectivity index (χ2v) is 12.1. The average molecular weight is 596 g/mol. The number of fused-ring (bicyclic) bond motifs is 1. The van der Waals surface area contributed by atoms with E-state index < -0.39 is 11.0 Å². The van der Waals surface area contributed by atoms with E-state index in [0.717, 1.165) is 32.1 Å². The Morgan fingerprint density at radius 2 is 1.64 bits per heavy atom. The first-order valence-corrected chi connectivity index (χ1v) is 15.4. The summed E-state index contributed by atoms with van der Waals surface area (Å²) in [5.41, 5.74) is 5.76. The molecule has 0 spiro atoms. The van der Waals surface area contributed by atoms with Crippen molar-refractivity contribution in [1.82, 2.24) is 10.3 Å². The molecule has 6 nitrogen and oxygen atoms in total. The zero-order valence-electron chi connectivity index (χ0n) is 23.1. The van der Waals surface area contributed by atoms with E-state index >= 15 is 0 Å². The monoisotopic (exact) mass is 595 g/mol. The normalized spacial score (nSPS) is 11.9. The molecule has 0 bridgehead atoms. The molecule has 42 heavy (non-hydrogen) atoms. The van der Waals surface area contributed by atoms with Gasteiger partial charge in [-0.15, -0.1) is 11.3 Å². The lowest BCUT2D eigenvalue weighted by molar-refractivity contribution is 0.0964. The van der Waals surface area contributed by atoms with E-state index in [4.69, 9.17) is 4.42 Å². The number of hydrogen-bond acceptors (Lipinski definition) is 5. The summed E-state index contributed by atoms with van der Waals surface area (Å²) in [5, 5.41) is 4.23. The molecule has 0 aliphatic heterocycles. The maximum Gasteiger partial charge on any atom is 0.255 e. The molecule has 2 aromatic heterocycles. The van der Waals surface area contributed by atoms with Gasteiger partial charge in [0.2, 0.25) is 0 Å². The molecule has 1 unspecified atom stereocenters. The van der Waals surface area contributed by atoms with Crippen LogP contribution in [0.4, 0.5) is 10.1 Å². The highest BCUT2D eigenvalue weighted by Gasteiger charge is 2.25. The first-order valence-electron chi connectivity index (χ1n) is 13.1. The summed E-state index contributed by atoms with van der Waals surface area (Å²) in [7, 11) is 1.98. The predicted molar refractivity (Wildman–Crippen MR) is 169 cm³/mol. The van der Waals surface area contributed by atoms with Crippen molar-refractivity contribution in [3.05, 3.63) is 109 Å². The van der Waals surface area contributed by atoms with Crippen LogP contribution in [0.3, 0.4) is 0 Å². The summed E-state index contributed by atoms with van der Waals surface area (Å²) < 4.78 is 34.3. The van der Waals surface area contributed by atoms with Crippen molar-refractivity contribution in [1.29, 1.82) is 0 Å². The smallest absolute Gasteiger partial charge is 0.255 e. The lowest BCUT2D eigenvalue weighted by atomic mass is 9.97. The number of benzene rings is 4. The van der Waals surface area contributed by atoms with Crippen LogP contribution >= 0.6 is 11.3 Å². The van der Waals surface area contributed by atoms with Gasteiger partial charge in [-0.3, -0.25) is 9.10 Å². The minimum Gasteiger partial charge on any atom is -0.455 e. The third-order valence-corrected chi connectivity index (χ3v) is 9.14. The standard InChI is InChI=1S/C33H26FN3O3S2/c1-35-32(38)30-26-17-25(22-10-7-11-23(16-22)29-19-36-33(41-29)21-8-5-4-6-9-21)27(37(2)42(3)39)18-28(26)40-31(30)20-12-14-24(34)15-13-20/h4-19H,1-3H3,(H,35,38). The van der Waals surface area contributed by atoms with Crippen LogP contribution in [-0.4, -0.2) is 35.5 Å². The quantitative estimate of drug-likeness (QED) is 0.204. The lowest BCUT2D eigenvalue weighted by Gasteiger charge is -2.20. The number of carbonyl (C=O) groups is 1. The molecule has 1 atom stereocenters. The molecular weight excluding hydrogens is 570 g/mol. The number of anilines is 1. The fourth-order valence-electron chi connectivity index (χ4n) is 4.88. The van der Waals surface area contributed by atoms with Crippen LogP contribution in [0, 0.1) is 5.82 Å². The lowest BCUT2D eigenvalue weighted by Crippen LogP contribution is -2.20. The van der Waals surface area contributed by atoms with Crippen LogP contribution in [0.5, 0.6) is 0 Å². The fraction of sp³-hybridized carbons (Fsp3) is 0.0909. The van der Waals surface area contributed by atoms with E-state index in [1.54, 1.807) is 54.2 Å². The first-order chi connectivity index (χ1) is 20.3. The van der Waals surface area contributed by atoms with Crippen molar-refractivity contribution < 1.29 is 17.8 Å². The predicted octanol–water partition coefficient (Wildman–Crippen LogP) is 7.79. The Labute approximate surface area is 249 Å². The van der Waals surface area contributed by atoms with E-state index in [0.29, 0.717) is 33.5 Å². The van der Waals surface area contributed by atoms with Crippen LogP contribution in [0.2, 0.25) is 0 Å². The first kappa shape index (κ1) is 27.6. The molecule has 0 saturated heterocycles. The maximum absolute atomic E-state index is 13.7. The van der Waals surface area contributed by atoms with Crippen LogP contribution in [0.15, 0.2) is 102 Å². The molecule has 6 aromatic rings. The van der Waals surface area contributed by atoms with Crippen molar-refractivity contribution in [3.8, 4) is 43.5 Å². The van der Waals surface area contributed by atoms with Gasteiger partial charge in [-0.05, 0) is 47.5 Å². The summed E-state index contributed by atoms with van der Waals surface area (Å²) in [5.74, 6) is -0.379. The molecule has 0 aliphatic carbocycles. The largest absolute Gasteiger partial charge is 0.455 e. The molecule has 6 rings (SSSR count). The number of halogens is 1. The molecule has 2 heterocycles. The molecule has 9 heteroatoms. The van der Waals surface area contributed by atoms with Crippen LogP contribution in [0.1, 0.15) is 10.4 Å². The highest BCUT2D eigenvalue weighted by molar-refractivity contribution is 7.85. The Balaban J connectivity index is 1.53. The van der Waals surface area contributed by atoms with Gasteiger partial charge in [0, 0.05) is 54.7 Å². The van der Waals surface area contributed by atoms with Crippen LogP contribution < -0.4 is 9.62 Å². The SMILES string of the molecule is CNC(=O)c1c(-c2ccc(F)cc2)oc2cc(N(C)S(C)=O)c(-c3cccc(-c4cnc(-c5ccccc5)s4)c3)cc12. The number of furan rings is 1. The van der Waals surface area contributed by atoms with Gasteiger partial charge in [-0.1, -0.05) is 48.5 Å². The van der Waals surface area contributed by atoms with Crippen molar-refractivity contribution in [2.75, 3.05) is 24.7 Å². The van der Waals surface area contributed by atoms with Gasteiger partial charge >= 0.3 is 0 Å². The molecule has 1 N–H and O–H groups in total. The van der Waals surface area contributed by atoms with Crippen LogP contribution in [0.25, 0.3) is 54.4 Å². The van der Waals surface area contributed by atoms with Gasteiger partial charge in [0.1, 0.15) is 33.2 Å². The number of nitrogens with zero attached hydrogens (tertiary/aromatic N) is 2. The van der Waals surface area contributed by atoms with Gasteiger partial charge in [-0.25, -0.2) is 13.6 Å². The van der Waals surface area contributed by atoms with E-state index in [-0.39, 0.29) is 11.7 Å². The van der Waals surface area contributed by atoms with Gasteiger partial charge in [0.25, 0.3) is 5.91 Å². The highest BCUT2D eigenvalue weighted by atomic mass is 32.2. The number of rotatable bonds is 7. The molecule has 210 valence electrons. The molecule has 0 fully saturated rings. The van der Waals surface area contributed by atoms with E-state index in [1.165, 1.54) is 12.1 Å². The summed E-state index contributed by atoms with van der Waals surface area (Å²) in [4.78, 5) is 18.8. The highest BCUT2D eigenvalue weighted by Crippen LogP contribution is 2.42. The third-order valence-electron chi connectivity index (χ3n) is 7.08. The van der Waals surface area contributed by atoms with Gasteiger partial charge < -0.3 is 9.73 Å². The Hall–Kier alpha value is -4.60. The summed E-state index contributed by atoms with van der Waals surface area (Å²) >= 11 is 1.61. The number of carbonyl (C=O) groups excluding carboxylic acids is 1. The Morgan fingerprint density at radius 1 is 0.929 bits per heavy atom. The molecule has 0 saturated carbocycles. The summed E-state index contributed by atoms with van der Waals surface area (Å²) in [6.45, 7) is 0. The summed E-state index contributed by atoms with van der Waals surface area (Å²) in [6.07, 6.45) is 3.48. The second-order valence-electron chi connectivity index (χ2n) is 9.66. The Bertz CT molecular complexity index is 1950. The minimum atomic E-state index is -1.33. The number of hydrogen-bond donors (Lipinski definition) is 1. The van der Waals surface area contributed by atoms with E-state index in [2.05, 4.69) is 16.4 Å². The zero-order chi connectivity index (χ0) is 29.4. The zero-order valence-corrected chi connectivity index (χ0v) is 24.7. The molecule has 1 amide bonds. The molecule has 4 aromatic carbocycles. The summed E-state index contributed by atoms with van der Waals surface area (Å²) in [6, 6.07) is 27.6. The van der Waals surface area contributed by atoms with E-state index in [9.17, 15) is 13.4 Å². The maximum atomic E-state index is 13.7. The molecule has 0 aliphatic rings. The van der Waals surface area contributed by atoms with E-state index in [1.807, 2.05) is 60.8 Å². The number of thiazole rings is 1. The van der Waals surface area contributed by atoms with Gasteiger partial charge in [0.05, 0.1) is 16.1 Å². The van der Waals surface area contributed by atoms with Gasteiger partial charge in [0.15, 0.2) is 0 Å². The average Bonchev–Trinajstić information content (AvgIpc) is 3.66. The second kappa shape index (κ2) is 11.3. The molecular formula is C33H26FN3O3S2. The van der Waals surface area contributed by atoms with Crippen LogP contribution in [-0.2, 0) is 11.0 Å². The number of amides is 1. The number of aromatic nitrogens is 1. The fourth-order valence-corrected chi connectivity index (χ4v) is 6.23. The topological polar surface area (TPSA) is 75.4 Å². The Kier molecular flexibility index (Phi) is 7.45. The van der Waals surface area contributed by atoms with Gasteiger partial charge in [-0.2, -0.15) is 0 Å². The third kappa shape index (κ3) is 5.13.